The van der Waals surface area contributed by atoms with Crippen LogP contribution in [0.3, 0.4) is 0 Å². The quantitative estimate of drug-likeness (QED) is 0.691. The molecule has 1 aromatic carbocycles. The summed E-state index contributed by atoms with van der Waals surface area (Å²) in [6, 6.07) is 5.73. The second kappa shape index (κ2) is 4.91. The maximum absolute atomic E-state index is 6.32. The molecule has 1 aromatic heterocycles. The molecular weight excluding hydrogens is 265 g/mol. The molecule has 0 atom stereocenters. The van der Waals surface area contributed by atoms with Gasteiger partial charge in [0.15, 0.2) is 0 Å². The number of pyridine rings is 1. The molecule has 0 radical (unpaired) electrons. The van der Waals surface area contributed by atoms with E-state index in [4.69, 9.17) is 23.2 Å². The lowest BCUT2D eigenvalue weighted by atomic mass is 9.94. The molecule has 0 amide bonds. The van der Waals surface area contributed by atoms with E-state index in [-0.39, 0.29) is 0 Å². The van der Waals surface area contributed by atoms with E-state index in [2.05, 4.69) is 18.8 Å². The predicted octanol–water partition coefficient (Wildman–Crippen LogP) is 5.29. The second-order valence-electron chi connectivity index (χ2n) is 4.51. The van der Waals surface area contributed by atoms with E-state index < -0.39 is 0 Å². The molecule has 0 unspecified atom stereocenters. The van der Waals surface area contributed by atoms with Gasteiger partial charge in [-0.1, -0.05) is 35.3 Å². The van der Waals surface area contributed by atoms with E-state index >= 15 is 0 Å². The van der Waals surface area contributed by atoms with Gasteiger partial charge in [-0.15, -0.1) is 0 Å². The van der Waals surface area contributed by atoms with Crippen molar-refractivity contribution in [1.82, 2.24) is 4.98 Å². The fourth-order valence-electron chi connectivity index (χ4n) is 2.16. The lowest BCUT2D eigenvalue weighted by molar-refractivity contribution is 1.06. The third kappa shape index (κ3) is 2.13. The Kier molecular flexibility index (Phi) is 3.65. The highest BCUT2D eigenvalue weighted by Crippen LogP contribution is 2.37. The molecule has 0 saturated carbocycles. The van der Waals surface area contributed by atoms with Crippen molar-refractivity contribution in [3.63, 3.8) is 0 Å². The summed E-state index contributed by atoms with van der Waals surface area (Å²) in [5.41, 5.74) is 6.50. The minimum Gasteiger partial charge on any atom is -0.258 e. The Labute approximate surface area is 118 Å². The van der Waals surface area contributed by atoms with Gasteiger partial charge in [-0.3, -0.25) is 4.98 Å². The number of rotatable bonds is 1. The second-order valence-corrected chi connectivity index (χ2v) is 5.29. The summed E-state index contributed by atoms with van der Waals surface area (Å²) in [6.07, 6.45) is 0. The van der Waals surface area contributed by atoms with Crippen molar-refractivity contribution < 1.29 is 0 Å². The number of hydrogen-bond acceptors (Lipinski definition) is 1. The van der Waals surface area contributed by atoms with Gasteiger partial charge in [0, 0.05) is 17.0 Å². The molecule has 2 aromatic rings. The molecule has 0 aliphatic rings. The zero-order valence-electron chi connectivity index (χ0n) is 10.9. The third-order valence-corrected chi connectivity index (χ3v) is 4.21. The van der Waals surface area contributed by atoms with Crippen LogP contribution in [0, 0.1) is 27.7 Å². The molecule has 0 spiro atoms. The Bertz CT molecular complexity index is 592. The van der Waals surface area contributed by atoms with E-state index in [1.807, 2.05) is 26.0 Å². The first kappa shape index (κ1) is 13.4. The van der Waals surface area contributed by atoms with E-state index in [1.54, 1.807) is 6.07 Å². The van der Waals surface area contributed by atoms with E-state index in [0.717, 1.165) is 33.6 Å². The van der Waals surface area contributed by atoms with Crippen LogP contribution in [-0.2, 0) is 0 Å². The lowest BCUT2D eigenvalue weighted by Crippen LogP contribution is -1.99. The SMILES string of the molecule is Cc1nc(C)c(C)c(-c2cccc(Cl)c2Cl)c1C. The Morgan fingerprint density at radius 2 is 1.44 bits per heavy atom. The van der Waals surface area contributed by atoms with Crippen LogP contribution in [0.5, 0.6) is 0 Å². The summed E-state index contributed by atoms with van der Waals surface area (Å²) in [5, 5.41) is 1.19. The molecule has 0 bridgehead atoms. The first-order chi connectivity index (χ1) is 8.43. The van der Waals surface area contributed by atoms with Gasteiger partial charge in [0.1, 0.15) is 0 Å². The topological polar surface area (TPSA) is 12.9 Å². The Hall–Kier alpha value is -1.05. The molecule has 18 heavy (non-hydrogen) atoms. The maximum Gasteiger partial charge on any atom is 0.0670 e. The van der Waals surface area contributed by atoms with Gasteiger partial charge in [0.2, 0.25) is 0 Å². The Balaban J connectivity index is 2.83. The zero-order valence-corrected chi connectivity index (χ0v) is 12.4. The highest BCUT2D eigenvalue weighted by Gasteiger charge is 2.15. The largest absolute Gasteiger partial charge is 0.258 e. The molecule has 0 fully saturated rings. The van der Waals surface area contributed by atoms with Crippen LogP contribution in [0.15, 0.2) is 18.2 Å². The van der Waals surface area contributed by atoms with Gasteiger partial charge in [0.05, 0.1) is 10.0 Å². The molecule has 0 aliphatic carbocycles. The standard InChI is InChI=1S/C15H15Cl2N/c1-8-10(3)18-11(4)9(2)14(8)12-6-5-7-13(16)15(12)17/h5-7H,1-4H3. The smallest absolute Gasteiger partial charge is 0.0670 e. The minimum atomic E-state index is 0.583. The summed E-state index contributed by atoms with van der Waals surface area (Å²) < 4.78 is 0. The summed E-state index contributed by atoms with van der Waals surface area (Å²) >= 11 is 12.4. The summed E-state index contributed by atoms with van der Waals surface area (Å²) in [4.78, 5) is 4.53. The van der Waals surface area contributed by atoms with E-state index in [9.17, 15) is 0 Å². The van der Waals surface area contributed by atoms with Gasteiger partial charge in [0.25, 0.3) is 0 Å². The fraction of sp³-hybridized carbons (Fsp3) is 0.267. The number of halogens is 2. The zero-order chi connectivity index (χ0) is 13.4. The number of benzene rings is 1. The summed E-state index contributed by atoms with van der Waals surface area (Å²) in [5.74, 6) is 0. The Morgan fingerprint density at radius 1 is 0.889 bits per heavy atom. The van der Waals surface area contributed by atoms with Crippen LogP contribution >= 0.6 is 23.2 Å². The molecule has 0 N–H and O–H groups in total. The normalized spacial score (nSPS) is 10.8. The molecule has 3 heteroatoms. The molecule has 94 valence electrons. The predicted molar refractivity (Wildman–Crippen MR) is 78.6 cm³/mol. The number of hydrogen-bond donors (Lipinski definition) is 0. The van der Waals surface area contributed by atoms with Crippen molar-refractivity contribution in [2.24, 2.45) is 0 Å². The van der Waals surface area contributed by atoms with Crippen LogP contribution < -0.4 is 0 Å². The molecular formula is C15H15Cl2N. The molecule has 1 heterocycles. The maximum atomic E-state index is 6.32. The van der Waals surface area contributed by atoms with Crippen LogP contribution in [0.1, 0.15) is 22.5 Å². The van der Waals surface area contributed by atoms with Crippen molar-refractivity contribution in [1.29, 1.82) is 0 Å². The number of aromatic nitrogens is 1. The molecule has 0 saturated heterocycles. The summed E-state index contributed by atoms with van der Waals surface area (Å²) in [7, 11) is 0. The highest BCUT2D eigenvalue weighted by atomic mass is 35.5. The average Bonchev–Trinajstić information content (AvgIpc) is 2.32. The van der Waals surface area contributed by atoms with Crippen molar-refractivity contribution in [3.8, 4) is 11.1 Å². The fourth-order valence-corrected chi connectivity index (χ4v) is 2.56. The number of nitrogens with zero attached hydrogens (tertiary/aromatic N) is 1. The monoisotopic (exact) mass is 279 g/mol. The van der Waals surface area contributed by atoms with Crippen LogP contribution in [0.25, 0.3) is 11.1 Å². The van der Waals surface area contributed by atoms with Crippen LogP contribution in [-0.4, -0.2) is 4.98 Å². The lowest BCUT2D eigenvalue weighted by Gasteiger charge is -2.16. The van der Waals surface area contributed by atoms with Gasteiger partial charge >= 0.3 is 0 Å². The molecule has 2 rings (SSSR count). The van der Waals surface area contributed by atoms with E-state index in [1.165, 1.54) is 0 Å². The van der Waals surface area contributed by atoms with Crippen molar-refractivity contribution >= 4 is 23.2 Å². The Morgan fingerprint density at radius 3 is 2.00 bits per heavy atom. The van der Waals surface area contributed by atoms with Gasteiger partial charge < -0.3 is 0 Å². The van der Waals surface area contributed by atoms with Gasteiger partial charge in [-0.2, -0.15) is 0 Å². The van der Waals surface area contributed by atoms with E-state index in [0.29, 0.717) is 10.0 Å². The van der Waals surface area contributed by atoms with Crippen molar-refractivity contribution in [2.45, 2.75) is 27.7 Å². The van der Waals surface area contributed by atoms with Crippen molar-refractivity contribution in [2.75, 3.05) is 0 Å². The average molecular weight is 280 g/mol. The summed E-state index contributed by atoms with van der Waals surface area (Å²) in [6.45, 7) is 8.18. The van der Waals surface area contributed by atoms with Crippen molar-refractivity contribution in [3.05, 3.63) is 50.8 Å². The highest BCUT2D eigenvalue weighted by molar-refractivity contribution is 6.43. The minimum absolute atomic E-state index is 0.583. The molecule has 1 nitrogen and oxygen atoms in total. The first-order valence-electron chi connectivity index (χ1n) is 5.82. The first-order valence-corrected chi connectivity index (χ1v) is 6.58. The van der Waals surface area contributed by atoms with Gasteiger partial charge in [-0.05, 0) is 50.5 Å². The van der Waals surface area contributed by atoms with Crippen LogP contribution in [0.2, 0.25) is 10.0 Å². The molecule has 0 aliphatic heterocycles. The third-order valence-electron chi connectivity index (χ3n) is 3.39. The number of aryl methyl sites for hydroxylation is 2. The van der Waals surface area contributed by atoms with Crippen LogP contribution in [0.4, 0.5) is 0 Å². The van der Waals surface area contributed by atoms with Gasteiger partial charge in [-0.25, -0.2) is 0 Å².